The lowest BCUT2D eigenvalue weighted by Gasteiger charge is -2.34. The van der Waals surface area contributed by atoms with Gasteiger partial charge in [-0.15, -0.1) is 0 Å². The zero-order valence-electron chi connectivity index (χ0n) is 42.6. The Morgan fingerprint density at radius 2 is 0.738 bits per heavy atom. The Morgan fingerprint density at radius 3 is 0.938 bits per heavy atom. The first-order valence-electron chi connectivity index (χ1n) is 23.4. The fourth-order valence-electron chi connectivity index (χ4n) is 8.41. The number of hydrogen-bond donors (Lipinski definition) is 3. The molecule has 0 atom stereocenters. The van der Waals surface area contributed by atoms with Crippen molar-refractivity contribution in [1.29, 1.82) is 0 Å². The number of ether oxygens (including phenoxy) is 3. The van der Waals surface area contributed by atoms with Crippen LogP contribution in [0.4, 0.5) is 0 Å². The highest BCUT2D eigenvalue weighted by atomic mass is 16.5. The third kappa shape index (κ3) is 17.2. The van der Waals surface area contributed by atoms with Crippen molar-refractivity contribution >= 4 is 35.0 Å². The zero-order chi connectivity index (χ0) is 49.2. The maximum atomic E-state index is 13.3. The first-order chi connectivity index (χ1) is 29.9. The number of aliphatic hydroxyl groups excluding tert-OH is 3. The van der Waals surface area contributed by atoms with Gasteiger partial charge in [-0.2, -0.15) is 0 Å². The van der Waals surface area contributed by atoms with E-state index in [9.17, 15) is 29.7 Å². The largest absolute Gasteiger partial charge is 0.512 e. The zero-order valence-corrected chi connectivity index (χ0v) is 42.6. The molecule has 0 fully saturated rings. The molecule has 0 spiro atoms. The molecule has 0 aliphatic heterocycles. The molecule has 12 nitrogen and oxygen atoms in total. The Bertz CT molecular complexity index is 1840. The molecule has 0 aromatic rings. The normalized spacial score (nSPS) is 22.4. The molecule has 0 saturated heterocycles. The van der Waals surface area contributed by atoms with Gasteiger partial charge in [0.2, 0.25) is 0 Å². The molecule has 3 aliphatic carbocycles. The molecule has 0 aromatic heterocycles. The van der Waals surface area contributed by atoms with Crippen LogP contribution >= 0.6 is 0 Å². The van der Waals surface area contributed by atoms with Crippen LogP contribution in [0.1, 0.15) is 149 Å². The summed E-state index contributed by atoms with van der Waals surface area (Å²) in [5.41, 5.74) is 3.36. The predicted molar refractivity (Wildman–Crippen MR) is 262 cm³/mol. The quantitative estimate of drug-likeness (QED) is 0.0523. The van der Waals surface area contributed by atoms with Crippen LogP contribution in [0.5, 0.6) is 0 Å². The summed E-state index contributed by atoms with van der Waals surface area (Å²) in [6.07, 6.45) is 9.27. The van der Waals surface area contributed by atoms with E-state index in [4.69, 9.17) is 29.2 Å². The highest BCUT2D eigenvalue weighted by molar-refractivity contribution is 6.04. The monoisotopic (exact) mass is 904 g/mol. The molecule has 362 valence electrons. The number of carbonyl (C=O) groups is 3. The van der Waals surface area contributed by atoms with Gasteiger partial charge < -0.3 is 29.5 Å². The minimum absolute atomic E-state index is 0.102. The van der Waals surface area contributed by atoms with Crippen molar-refractivity contribution in [2.24, 2.45) is 54.4 Å². The van der Waals surface area contributed by atoms with Gasteiger partial charge in [0.05, 0.1) is 36.5 Å². The molecule has 3 N–H and O–H groups in total. The number of nitrogens with zero attached hydrogens (tertiary/aromatic N) is 3. The van der Waals surface area contributed by atoms with Gasteiger partial charge in [0.25, 0.3) is 0 Å². The molecule has 0 aromatic carbocycles. The van der Waals surface area contributed by atoms with E-state index in [0.29, 0.717) is 74.9 Å². The van der Waals surface area contributed by atoms with Crippen molar-refractivity contribution in [2.45, 2.75) is 149 Å². The summed E-state index contributed by atoms with van der Waals surface area (Å²) < 4.78 is 16.8. The number of hydrogen-bond acceptors (Lipinski definition) is 12. The van der Waals surface area contributed by atoms with E-state index in [0.717, 1.165) is 17.1 Å². The summed E-state index contributed by atoms with van der Waals surface area (Å²) in [7, 11) is 0. The molecule has 3 rings (SSSR count). The second-order valence-electron chi connectivity index (χ2n) is 22.7. The maximum absolute atomic E-state index is 13.3. The molecule has 12 heteroatoms. The number of esters is 3. The van der Waals surface area contributed by atoms with Crippen LogP contribution in [0.3, 0.4) is 0 Å². The Kier molecular flexibility index (Phi) is 19.0. The van der Waals surface area contributed by atoms with Crippen molar-refractivity contribution in [1.82, 2.24) is 0 Å². The fourth-order valence-corrected chi connectivity index (χ4v) is 8.41. The lowest BCUT2D eigenvalue weighted by molar-refractivity contribution is -0.140. The first kappa shape index (κ1) is 54.6. The standard InChI is InChI=1S/C53H81N3O9/c1-32(2)26-63-47(60)44(35(7)57)38-17-41(23-50(10,11)20-38)54-29-53(16,30-55-42-18-39(21-51(12,13)24-42)45(36(8)58)48(61)64-27-33(3)4)31-56-43-19-40(22-52(14,15)25-43)46(37(9)59)49(62)65-28-34(5)6/h17-19,32-34,57-59H,20-31H2,1-16H3. The summed E-state index contributed by atoms with van der Waals surface area (Å²) in [6.45, 7) is 32.7. The second kappa shape index (κ2) is 22.6. The van der Waals surface area contributed by atoms with Gasteiger partial charge in [-0.05, 0) is 128 Å². The number of rotatable bonds is 18. The summed E-state index contributed by atoms with van der Waals surface area (Å²) in [5, 5.41) is 32.3. The molecular weight excluding hydrogens is 823 g/mol. The van der Waals surface area contributed by atoms with Crippen LogP contribution in [0, 0.1) is 39.4 Å². The average molecular weight is 904 g/mol. The van der Waals surface area contributed by atoms with Crippen molar-refractivity contribution in [3.8, 4) is 0 Å². The first-order valence-corrected chi connectivity index (χ1v) is 23.4. The van der Waals surface area contributed by atoms with E-state index in [1.54, 1.807) is 0 Å². The smallest absolute Gasteiger partial charge is 0.341 e. The van der Waals surface area contributed by atoms with Gasteiger partial charge in [-0.25, -0.2) is 14.4 Å². The maximum Gasteiger partial charge on any atom is 0.341 e. The summed E-state index contributed by atoms with van der Waals surface area (Å²) in [6, 6.07) is 0. The molecule has 0 heterocycles. The van der Waals surface area contributed by atoms with Crippen LogP contribution in [-0.2, 0) is 28.6 Å². The summed E-state index contributed by atoms with van der Waals surface area (Å²) in [5.74, 6) is -1.59. The molecule has 65 heavy (non-hydrogen) atoms. The second-order valence-corrected chi connectivity index (χ2v) is 22.7. The number of aliphatic hydroxyl groups is 3. The Morgan fingerprint density at radius 1 is 0.508 bits per heavy atom. The van der Waals surface area contributed by atoms with E-state index < -0.39 is 23.3 Å². The third-order valence-corrected chi connectivity index (χ3v) is 11.3. The molecule has 0 bridgehead atoms. The number of carbonyl (C=O) groups excluding carboxylic acids is 3. The summed E-state index contributed by atoms with van der Waals surface area (Å²) in [4.78, 5) is 55.7. The minimum Gasteiger partial charge on any atom is -0.512 e. The van der Waals surface area contributed by atoms with Gasteiger partial charge >= 0.3 is 17.9 Å². The van der Waals surface area contributed by atoms with Crippen LogP contribution in [0.25, 0.3) is 0 Å². The molecule has 3 aliphatic rings. The summed E-state index contributed by atoms with van der Waals surface area (Å²) >= 11 is 0. The number of allylic oxidation sites excluding steroid dienone is 6. The van der Waals surface area contributed by atoms with Crippen LogP contribution in [0.2, 0.25) is 0 Å². The highest BCUT2D eigenvalue weighted by Gasteiger charge is 2.36. The SMILES string of the molecule is CC(O)=C(C(=O)OCC(C)C)C1=CC(=NCC(C)(CN=C2C=C(C(C(=O)OCC(C)C)=C(C)O)CC(C)(C)C2)CN=C2C=C(C(C(=O)OCC(C)C)=C(C)O)CC(C)(C)C2)CC(C)(C)C1. The lowest BCUT2D eigenvalue weighted by Crippen LogP contribution is -2.32. The van der Waals surface area contributed by atoms with Gasteiger partial charge in [-0.1, -0.05) is 90.0 Å². The topological polar surface area (TPSA) is 177 Å². The Labute approximate surface area is 389 Å². The van der Waals surface area contributed by atoms with E-state index in [2.05, 4.69) is 48.5 Å². The van der Waals surface area contributed by atoms with Gasteiger partial charge in [-0.3, -0.25) is 15.0 Å². The van der Waals surface area contributed by atoms with Crippen molar-refractivity contribution < 1.29 is 43.9 Å². The van der Waals surface area contributed by atoms with Crippen LogP contribution in [-0.4, -0.2) is 89.8 Å². The van der Waals surface area contributed by atoms with E-state index in [1.807, 2.05) is 59.8 Å². The average Bonchev–Trinajstić information content (AvgIpc) is 3.14. The van der Waals surface area contributed by atoms with Crippen LogP contribution in [0.15, 0.2) is 83.9 Å². The molecule has 0 unspecified atom stereocenters. The van der Waals surface area contributed by atoms with Gasteiger partial charge in [0, 0.05) is 42.2 Å². The Hall–Kier alpha value is -4.74. The molecule has 0 saturated carbocycles. The molecular formula is C53H81N3O9. The predicted octanol–water partition coefficient (Wildman–Crippen LogP) is 11.6. The van der Waals surface area contributed by atoms with E-state index in [1.165, 1.54) is 20.8 Å². The van der Waals surface area contributed by atoms with Gasteiger partial charge in [0.1, 0.15) is 17.3 Å². The Balaban J connectivity index is 2.19. The molecule has 0 amide bonds. The third-order valence-electron chi connectivity index (χ3n) is 11.3. The fraction of sp³-hybridized carbons (Fsp3) is 0.660. The minimum atomic E-state index is -0.654. The van der Waals surface area contributed by atoms with Crippen molar-refractivity contribution in [3.05, 3.63) is 68.9 Å². The lowest BCUT2D eigenvalue weighted by atomic mass is 9.74. The highest BCUT2D eigenvalue weighted by Crippen LogP contribution is 2.41. The van der Waals surface area contributed by atoms with E-state index >= 15 is 0 Å². The van der Waals surface area contributed by atoms with Crippen molar-refractivity contribution in [2.75, 3.05) is 39.5 Å². The van der Waals surface area contributed by atoms with Crippen molar-refractivity contribution in [3.63, 3.8) is 0 Å². The molecule has 0 radical (unpaired) electrons. The van der Waals surface area contributed by atoms with Crippen LogP contribution < -0.4 is 0 Å². The van der Waals surface area contributed by atoms with E-state index in [-0.39, 0.29) is 87.8 Å². The number of aliphatic imine (C=N–C) groups is 3. The van der Waals surface area contributed by atoms with Gasteiger partial charge in [0.15, 0.2) is 0 Å².